The summed E-state index contributed by atoms with van der Waals surface area (Å²) in [5, 5.41) is 2.13. The topological polar surface area (TPSA) is 83.6 Å². The molecule has 1 unspecified atom stereocenters. The van der Waals surface area contributed by atoms with Gasteiger partial charge in [-0.15, -0.1) is 5.56 Å². The van der Waals surface area contributed by atoms with Crippen molar-refractivity contribution in [3.63, 3.8) is 0 Å². The van der Waals surface area contributed by atoms with E-state index < -0.39 is 23.8 Å². The molecule has 1 aromatic carbocycles. The number of imide groups is 2. The first-order valence-corrected chi connectivity index (χ1v) is 7.13. The van der Waals surface area contributed by atoms with Gasteiger partial charge < -0.3 is 0 Å². The number of aryl methyl sites for hydroxylation is 1. The smallest absolute Gasteiger partial charge is 0.249 e. The van der Waals surface area contributed by atoms with Gasteiger partial charge in [0.05, 0.1) is 0 Å². The van der Waals surface area contributed by atoms with E-state index in [1.54, 1.807) is 25.1 Å². The average Bonchev–Trinajstić information content (AvgIpc) is 2.52. The molecule has 7 heteroatoms. The molecule has 0 saturated carbocycles. The molecule has 1 atom stereocenters. The van der Waals surface area contributed by atoms with Gasteiger partial charge in [0.15, 0.2) is 0 Å². The van der Waals surface area contributed by atoms with Gasteiger partial charge in [0.1, 0.15) is 6.04 Å². The quantitative estimate of drug-likeness (QED) is 0.477. The molecule has 0 aromatic heterocycles. The summed E-state index contributed by atoms with van der Waals surface area (Å²) in [6.07, 6.45) is 0.585. The van der Waals surface area contributed by atoms with Crippen LogP contribution in [0.5, 0.6) is 0 Å². The summed E-state index contributed by atoms with van der Waals surface area (Å²) in [6, 6.07) is 6.61. The molecular formula is C16H19N2O4Y-. The molecule has 1 N–H and O–H groups in total. The SMILES string of the molecule is CC.Cc1c[c-]ccc1C(=O)N(C=O)C1CCC(=O)NC1=O.[Y]. The van der Waals surface area contributed by atoms with E-state index in [1.165, 1.54) is 0 Å². The van der Waals surface area contributed by atoms with Gasteiger partial charge in [-0.1, -0.05) is 26.3 Å². The summed E-state index contributed by atoms with van der Waals surface area (Å²) in [7, 11) is 0. The summed E-state index contributed by atoms with van der Waals surface area (Å²) in [4.78, 5) is 47.2. The number of carbonyl (C=O) groups excluding carboxylic acids is 4. The van der Waals surface area contributed by atoms with Crippen LogP contribution in [-0.2, 0) is 47.1 Å². The first-order valence-electron chi connectivity index (χ1n) is 7.13. The molecule has 1 aliphatic rings. The van der Waals surface area contributed by atoms with Crippen molar-refractivity contribution < 1.29 is 51.9 Å². The zero-order valence-electron chi connectivity index (χ0n) is 13.5. The molecule has 1 aromatic rings. The van der Waals surface area contributed by atoms with E-state index in [0.29, 0.717) is 17.5 Å². The van der Waals surface area contributed by atoms with Gasteiger partial charge >= 0.3 is 0 Å². The van der Waals surface area contributed by atoms with Crippen LogP contribution >= 0.6 is 0 Å². The molecule has 2 rings (SSSR count). The molecule has 23 heavy (non-hydrogen) atoms. The summed E-state index contributed by atoms with van der Waals surface area (Å²) >= 11 is 0. The molecule has 1 fully saturated rings. The molecule has 0 bridgehead atoms. The van der Waals surface area contributed by atoms with Crippen molar-refractivity contribution in [3.05, 3.63) is 35.4 Å². The fraction of sp³-hybridized carbons (Fsp3) is 0.375. The van der Waals surface area contributed by atoms with Crippen LogP contribution in [0.4, 0.5) is 0 Å². The van der Waals surface area contributed by atoms with Crippen molar-refractivity contribution in [2.24, 2.45) is 0 Å². The van der Waals surface area contributed by atoms with Gasteiger partial charge in [0, 0.05) is 39.1 Å². The molecule has 4 amide bonds. The van der Waals surface area contributed by atoms with E-state index in [4.69, 9.17) is 0 Å². The van der Waals surface area contributed by atoms with Crippen LogP contribution in [-0.4, -0.2) is 35.1 Å². The molecule has 6 nitrogen and oxygen atoms in total. The standard InChI is InChI=1S/C14H13N2O4.C2H6.Y/c1-9-4-2-3-5-10(9)14(20)16(8-17)11-6-7-12(18)15-13(11)19;1-2;/h3-5,8,11H,6-7H2,1H3,(H,15,18,19);1-2H3;/q-1;;. The Hall–Kier alpha value is -1.40. The van der Waals surface area contributed by atoms with E-state index in [2.05, 4.69) is 11.4 Å². The minimum absolute atomic E-state index is 0. The summed E-state index contributed by atoms with van der Waals surface area (Å²) in [5.41, 5.74) is 0.997. The average molecular weight is 392 g/mol. The van der Waals surface area contributed by atoms with Crippen molar-refractivity contribution in [1.29, 1.82) is 0 Å². The van der Waals surface area contributed by atoms with E-state index in [1.807, 2.05) is 13.8 Å². The second-order valence-corrected chi connectivity index (χ2v) is 4.53. The minimum atomic E-state index is -0.943. The number of hydrogen-bond acceptors (Lipinski definition) is 4. The van der Waals surface area contributed by atoms with Crippen molar-refractivity contribution in [2.75, 3.05) is 0 Å². The molecule has 1 aliphatic heterocycles. The third-order valence-electron chi connectivity index (χ3n) is 3.20. The van der Waals surface area contributed by atoms with Gasteiger partial charge in [-0.25, -0.2) is 0 Å². The number of piperidine rings is 1. The van der Waals surface area contributed by atoms with Gasteiger partial charge in [0.2, 0.25) is 24.1 Å². The first kappa shape index (κ1) is 21.6. The summed E-state index contributed by atoms with van der Waals surface area (Å²) < 4.78 is 0. The van der Waals surface area contributed by atoms with E-state index in [-0.39, 0.29) is 45.6 Å². The second kappa shape index (κ2) is 10.4. The maximum Gasteiger partial charge on any atom is 0.249 e. The van der Waals surface area contributed by atoms with Crippen LogP contribution < -0.4 is 5.32 Å². The number of nitrogens with zero attached hydrogens (tertiary/aromatic N) is 1. The molecule has 0 spiro atoms. The van der Waals surface area contributed by atoms with Crippen LogP contribution in [0.2, 0.25) is 0 Å². The van der Waals surface area contributed by atoms with Gasteiger partial charge in [-0.2, -0.15) is 24.3 Å². The number of nitrogens with one attached hydrogen (secondary N) is 1. The predicted octanol–water partition coefficient (Wildman–Crippen LogP) is 1.22. The number of amides is 4. The zero-order chi connectivity index (χ0) is 16.7. The Morgan fingerprint density at radius 2 is 2.04 bits per heavy atom. The molecule has 1 heterocycles. The Morgan fingerprint density at radius 3 is 2.57 bits per heavy atom. The molecule has 1 radical (unpaired) electrons. The molecule has 121 valence electrons. The Morgan fingerprint density at radius 1 is 1.39 bits per heavy atom. The zero-order valence-corrected chi connectivity index (χ0v) is 16.3. The number of hydrogen-bond donors (Lipinski definition) is 1. The normalized spacial score (nSPS) is 16.2. The Balaban J connectivity index is 0.00000155. The van der Waals surface area contributed by atoms with E-state index in [9.17, 15) is 19.2 Å². The number of rotatable bonds is 3. The van der Waals surface area contributed by atoms with Crippen LogP contribution in [0.3, 0.4) is 0 Å². The Bertz CT molecular complexity index is 589. The van der Waals surface area contributed by atoms with Gasteiger partial charge in [0.25, 0.3) is 0 Å². The second-order valence-electron chi connectivity index (χ2n) is 4.53. The van der Waals surface area contributed by atoms with Crippen molar-refractivity contribution in [3.8, 4) is 0 Å². The molecular weight excluding hydrogens is 373 g/mol. The van der Waals surface area contributed by atoms with Gasteiger partial charge in [-0.3, -0.25) is 29.4 Å². The fourth-order valence-corrected chi connectivity index (χ4v) is 2.10. The maximum absolute atomic E-state index is 12.3. The van der Waals surface area contributed by atoms with Crippen LogP contribution in [0.1, 0.15) is 42.6 Å². The Labute approximate surface area is 160 Å². The predicted molar refractivity (Wildman–Crippen MR) is 79.8 cm³/mol. The maximum atomic E-state index is 12.3. The third kappa shape index (κ3) is 5.32. The number of benzene rings is 1. The van der Waals surface area contributed by atoms with Crippen LogP contribution in [0, 0.1) is 13.0 Å². The van der Waals surface area contributed by atoms with Crippen molar-refractivity contribution in [2.45, 2.75) is 39.7 Å². The van der Waals surface area contributed by atoms with Crippen molar-refractivity contribution >= 4 is 24.1 Å². The largest absolute Gasteiger partial charge is 0.295 e. The monoisotopic (exact) mass is 392 g/mol. The summed E-state index contributed by atoms with van der Waals surface area (Å²) in [6.45, 7) is 5.72. The first-order chi connectivity index (χ1) is 10.5. The van der Waals surface area contributed by atoms with E-state index >= 15 is 0 Å². The summed E-state index contributed by atoms with van der Waals surface area (Å²) in [5.74, 6) is -1.57. The van der Waals surface area contributed by atoms with E-state index in [0.717, 1.165) is 4.90 Å². The number of carbonyl (C=O) groups is 4. The van der Waals surface area contributed by atoms with Gasteiger partial charge in [-0.05, 0) is 6.42 Å². The van der Waals surface area contributed by atoms with Crippen LogP contribution in [0.15, 0.2) is 18.2 Å². The third-order valence-corrected chi connectivity index (χ3v) is 3.20. The van der Waals surface area contributed by atoms with Crippen molar-refractivity contribution in [1.82, 2.24) is 10.2 Å². The Kier molecular flexibility index (Phi) is 9.76. The molecule has 1 saturated heterocycles. The minimum Gasteiger partial charge on any atom is -0.295 e. The fourth-order valence-electron chi connectivity index (χ4n) is 2.10. The molecule has 0 aliphatic carbocycles. The van der Waals surface area contributed by atoms with Crippen LogP contribution in [0.25, 0.3) is 0 Å².